The van der Waals surface area contributed by atoms with Crippen LogP contribution in [0.3, 0.4) is 0 Å². The Hall–Kier alpha value is -5.96. The van der Waals surface area contributed by atoms with E-state index < -0.39 is 0 Å². The number of rotatable bonds is 6. The molecule has 226 valence electrons. The minimum absolute atomic E-state index is 1.11. The van der Waals surface area contributed by atoms with E-state index in [1.807, 2.05) is 11.3 Å². The topological polar surface area (TPSA) is 3.24 Å². The Labute approximate surface area is 284 Å². The molecule has 0 saturated carbocycles. The molecule has 9 aromatic rings. The summed E-state index contributed by atoms with van der Waals surface area (Å²) < 4.78 is 2.66. The Kier molecular flexibility index (Phi) is 7.07. The molecule has 0 spiro atoms. The van der Waals surface area contributed by atoms with Crippen molar-refractivity contribution in [1.82, 2.24) is 0 Å². The maximum absolute atomic E-state index is 2.38. The lowest BCUT2D eigenvalue weighted by Gasteiger charge is -2.27. The van der Waals surface area contributed by atoms with Crippen LogP contribution in [0.5, 0.6) is 0 Å². The van der Waals surface area contributed by atoms with Gasteiger partial charge in [0.25, 0.3) is 0 Å². The summed E-state index contributed by atoms with van der Waals surface area (Å²) in [6.45, 7) is 0. The van der Waals surface area contributed by atoms with Crippen molar-refractivity contribution in [3.63, 3.8) is 0 Å². The molecular weight excluding hydrogens is 599 g/mol. The Morgan fingerprint density at radius 2 is 0.917 bits per heavy atom. The molecule has 0 bridgehead atoms. The summed E-state index contributed by atoms with van der Waals surface area (Å²) in [7, 11) is 0. The van der Waals surface area contributed by atoms with Gasteiger partial charge in [-0.05, 0) is 92.7 Å². The first-order valence-corrected chi connectivity index (χ1v) is 17.2. The highest BCUT2D eigenvalue weighted by molar-refractivity contribution is 7.26. The number of nitrogens with zero attached hydrogens (tertiary/aromatic N) is 1. The van der Waals surface area contributed by atoms with Gasteiger partial charge < -0.3 is 4.90 Å². The van der Waals surface area contributed by atoms with E-state index in [1.54, 1.807) is 0 Å². The normalized spacial score (nSPS) is 11.3. The maximum atomic E-state index is 2.38. The number of hydrogen-bond acceptors (Lipinski definition) is 2. The molecule has 1 nitrogen and oxygen atoms in total. The molecule has 0 unspecified atom stereocenters. The summed E-state index contributed by atoms with van der Waals surface area (Å²) in [4.78, 5) is 2.38. The second-order valence-corrected chi connectivity index (χ2v) is 13.2. The van der Waals surface area contributed by atoms with Crippen molar-refractivity contribution in [3.8, 4) is 33.4 Å². The standard InChI is InChI=1S/C46H31NS/c1-2-11-32(12-3-1)36-15-8-17-40(30-36)47(41-18-9-16-37(31-41)38-24-23-33-13-4-5-14-35(33)29-38)39-27-25-34(26-28-39)42-20-10-21-44-43-19-6-7-22-45(43)48-46(42)44/h1-31H. The van der Waals surface area contributed by atoms with Gasteiger partial charge in [-0.15, -0.1) is 11.3 Å². The molecular formula is C46H31NS. The average molecular weight is 630 g/mol. The smallest absolute Gasteiger partial charge is 0.0467 e. The first kappa shape index (κ1) is 28.3. The van der Waals surface area contributed by atoms with Crippen LogP contribution in [-0.4, -0.2) is 0 Å². The van der Waals surface area contributed by atoms with Crippen molar-refractivity contribution < 1.29 is 0 Å². The van der Waals surface area contributed by atoms with Crippen molar-refractivity contribution in [2.75, 3.05) is 4.90 Å². The first-order chi connectivity index (χ1) is 23.8. The third-order valence-corrected chi connectivity index (χ3v) is 10.5. The van der Waals surface area contributed by atoms with Crippen molar-refractivity contribution >= 4 is 59.3 Å². The molecule has 9 rings (SSSR count). The third kappa shape index (κ3) is 5.13. The minimum Gasteiger partial charge on any atom is -0.310 e. The van der Waals surface area contributed by atoms with Gasteiger partial charge in [0.1, 0.15) is 0 Å². The Balaban J connectivity index is 1.16. The third-order valence-electron chi connectivity index (χ3n) is 9.24. The summed E-state index contributed by atoms with van der Waals surface area (Å²) in [5.41, 5.74) is 10.6. The van der Waals surface area contributed by atoms with E-state index in [4.69, 9.17) is 0 Å². The molecule has 0 fully saturated rings. The fraction of sp³-hybridized carbons (Fsp3) is 0. The highest BCUT2D eigenvalue weighted by atomic mass is 32.1. The van der Waals surface area contributed by atoms with Gasteiger partial charge in [-0.1, -0.05) is 140 Å². The maximum Gasteiger partial charge on any atom is 0.0467 e. The van der Waals surface area contributed by atoms with E-state index in [0.717, 1.165) is 17.1 Å². The second kappa shape index (κ2) is 12.0. The van der Waals surface area contributed by atoms with Crippen LogP contribution >= 0.6 is 11.3 Å². The van der Waals surface area contributed by atoms with Crippen LogP contribution in [0.25, 0.3) is 64.3 Å². The molecule has 1 heterocycles. The van der Waals surface area contributed by atoms with Gasteiger partial charge in [-0.2, -0.15) is 0 Å². The van der Waals surface area contributed by atoms with Crippen LogP contribution in [-0.2, 0) is 0 Å². The van der Waals surface area contributed by atoms with E-state index >= 15 is 0 Å². The lowest BCUT2D eigenvalue weighted by Crippen LogP contribution is -2.10. The summed E-state index contributed by atoms with van der Waals surface area (Å²) in [5, 5.41) is 5.15. The van der Waals surface area contributed by atoms with Crippen molar-refractivity contribution in [1.29, 1.82) is 0 Å². The summed E-state index contributed by atoms with van der Waals surface area (Å²) in [6, 6.07) is 68.1. The number of benzene rings is 8. The zero-order valence-electron chi connectivity index (χ0n) is 26.3. The van der Waals surface area contributed by atoms with Crippen LogP contribution in [0.4, 0.5) is 17.1 Å². The summed E-state index contributed by atoms with van der Waals surface area (Å²) in [5.74, 6) is 0. The monoisotopic (exact) mass is 629 g/mol. The number of anilines is 3. The Morgan fingerprint density at radius 3 is 1.71 bits per heavy atom. The largest absolute Gasteiger partial charge is 0.310 e. The number of fused-ring (bicyclic) bond motifs is 4. The molecule has 0 saturated heterocycles. The lowest BCUT2D eigenvalue weighted by atomic mass is 9.99. The molecule has 48 heavy (non-hydrogen) atoms. The van der Waals surface area contributed by atoms with Crippen molar-refractivity contribution in [3.05, 3.63) is 188 Å². The number of hydrogen-bond donors (Lipinski definition) is 0. The SMILES string of the molecule is c1ccc(-c2cccc(N(c3ccc(-c4cccc5c4sc4ccccc45)cc3)c3cccc(-c4ccc5ccccc5c4)c3)c2)cc1. The molecule has 0 aliphatic carbocycles. The lowest BCUT2D eigenvalue weighted by molar-refractivity contribution is 1.28. The van der Waals surface area contributed by atoms with E-state index in [-0.39, 0.29) is 0 Å². The molecule has 0 aliphatic heterocycles. The molecule has 2 heteroatoms. The van der Waals surface area contributed by atoms with Crippen molar-refractivity contribution in [2.45, 2.75) is 0 Å². The predicted octanol–water partition coefficient (Wildman–Crippen LogP) is 13.7. The highest BCUT2D eigenvalue weighted by Crippen LogP contribution is 2.42. The highest BCUT2D eigenvalue weighted by Gasteiger charge is 2.16. The Bertz CT molecular complexity index is 2560. The van der Waals surface area contributed by atoms with Crippen LogP contribution in [0.1, 0.15) is 0 Å². The fourth-order valence-electron chi connectivity index (χ4n) is 6.86. The van der Waals surface area contributed by atoms with Crippen LogP contribution in [0, 0.1) is 0 Å². The van der Waals surface area contributed by atoms with Crippen LogP contribution in [0.2, 0.25) is 0 Å². The zero-order valence-corrected chi connectivity index (χ0v) is 27.1. The van der Waals surface area contributed by atoms with Gasteiger partial charge in [0, 0.05) is 37.2 Å². The first-order valence-electron chi connectivity index (χ1n) is 16.3. The average Bonchev–Trinajstić information content (AvgIpc) is 3.55. The summed E-state index contributed by atoms with van der Waals surface area (Å²) in [6.07, 6.45) is 0. The van der Waals surface area contributed by atoms with Gasteiger partial charge in [0.05, 0.1) is 0 Å². The van der Waals surface area contributed by atoms with Gasteiger partial charge in [0.15, 0.2) is 0 Å². The van der Waals surface area contributed by atoms with E-state index in [2.05, 4.69) is 193 Å². The second-order valence-electron chi connectivity index (χ2n) is 12.2. The molecule has 0 aliphatic rings. The molecule has 1 aromatic heterocycles. The van der Waals surface area contributed by atoms with Gasteiger partial charge >= 0.3 is 0 Å². The van der Waals surface area contributed by atoms with Crippen LogP contribution < -0.4 is 4.90 Å². The molecule has 0 radical (unpaired) electrons. The molecule has 0 N–H and O–H groups in total. The Morgan fingerprint density at radius 1 is 0.333 bits per heavy atom. The van der Waals surface area contributed by atoms with E-state index in [9.17, 15) is 0 Å². The summed E-state index contributed by atoms with van der Waals surface area (Å²) >= 11 is 1.88. The fourth-order valence-corrected chi connectivity index (χ4v) is 8.10. The van der Waals surface area contributed by atoms with Crippen LogP contribution in [0.15, 0.2) is 188 Å². The van der Waals surface area contributed by atoms with E-state index in [1.165, 1.54) is 64.3 Å². The minimum atomic E-state index is 1.11. The molecule has 0 atom stereocenters. The molecule has 0 amide bonds. The zero-order chi connectivity index (χ0) is 31.9. The van der Waals surface area contributed by atoms with Gasteiger partial charge in [-0.25, -0.2) is 0 Å². The molecule has 8 aromatic carbocycles. The predicted molar refractivity (Wildman–Crippen MR) is 208 cm³/mol. The van der Waals surface area contributed by atoms with Crippen molar-refractivity contribution in [2.24, 2.45) is 0 Å². The quantitative estimate of drug-likeness (QED) is 0.177. The number of thiophene rings is 1. The van der Waals surface area contributed by atoms with Gasteiger partial charge in [-0.3, -0.25) is 0 Å². The van der Waals surface area contributed by atoms with E-state index in [0.29, 0.717) is 0 Å². The van der Waals surface area contributed by atoms with Gasteiger partial charge in [0.2, 0.25) is 0 Å².